The standard InChI is InChI=1S/C19H15F3N6O2/c1-19(2)5-10(11-7-25-15-4-13(20)27-28(15)16(11)19)17(29)26-14-3-9(6-23)12(8-24-14)30-18(21)22/h3-4,7-8,10,18H,5H2,1-2H3,(H,24,26,29)/t10-/m0/s1. The van der Waals surface area contributed by atoms with E-state index in [0.717, 1.165) is 12.3 Å². The molecule has 11 heteroatoms. The smallest absolute Gasteiger partial charge is 0.387 e. The summed E-state index contributed by atoms with van der Waals surface area (Å²) < 4.78 is 44.1. The van der Waals surface area contributed by atoms with E-state index in [1.807, 2.05) is 13.8 Å². The number of nitriles is 1. The molecule has 1 N–H and O–H groups in total. The summed E-state index contributed by atoms with van der Waals surface area (Å²) in [6.45, 7) is 0.731. The van der Waals surface area contributed by atoms with Gasteiger partial charge in [0.05, 0.1) is 23.4 Å². The van der Waals surface area contributed by atoms with Gasteiger partial charge in [-0.05, 0) is 6.42 Å². The Bertz CT molecular complexity index is 1200. The van der Waals surface area contributed by atoms with Crippen molar-refractivity contribution in [2.45, 2.75) is 38.2 Å². The van der Waals surface area contributed by atoms with E-state index in [4.69, 9.17) is 5.26 Å². The first-order valence-electron chi connectivity index (χ1n) is 8.90. The normalized spacial score (nSPS) is 17.0. The number of aromatic nitrogens is 4. The minimum atomic E-state index is -3.10. The second-order valence-corrected chi connectivity index (χ2v) is 7.49. The molecule has 1 atom stereocenters. The maximum atomic E-state index is 13.6. The third-order valence-electron chi connectivity index (χ3n) is 4.98. The molecule has 3 aromatic rings. The molecule has 1 aliphatic carbocycles. The van der Waals surface area contributed by atoms with Gasteiger partial charge in [-0.1, -0.05) is 13.8 Å². The van der Waals surface area contributed by atoms with E-state index in [1.54, 1.807) is 6.07 Å². The van der Waals surface area contributed by atoms with E-state index in [-0.39, 0.29) is 17.1 Å². The van der Waals surface area contributed by atoms with Gasteiger partial charge in [-0.3, -0.25) is 4.79 Å². The van der Waals surface area contributed by atoms with Crippen LogP contribution in [-0.4, -0.2) is 32.1 Å². The van der Waals surface area contributed by atoms with Gasteiger partial charge in [0.1, 0.15) is 11.9 Å². The maximum Gasteiger partial charge on any atom is 0.387 e. The number of fused-ring (bicyclic) bond motifs is 3. The second-order valence-electron chi connectivity index (χ2n) is 7.49. The van der Waals surface area contributed by atoms with Crippen LogP contribution in [0.25, 0.3) is 5.65 Å². The number of hydrogen-bond acceptors (Lipinski definition) is 6. The fraction of sp³-hybridized carbons (Fsp3) is 0.316. The van der Waals surface area contributed by atoms with Crippen molar-refractivity contribution >= 4 is 17.4 Å². The molecule has 0 saturated carbocycles. The van der Waals surface area contributed by atoms with Crippen molar-refractivity contribution in [1.29, 1.82) is 5.26 Å². The first-order chi connectivity index (χ1) is 14.2. The van der Waals surface area contributed by atoms with Crippen LogP contribution in [0.15, 0.2) is 24.5 Å². The number of rotatable bonds is 4. The molecule has 30 heavy (non-hydrogen) atoms. The third kappa shape index (κ3) is 3.30. The van der Waals surface area contributed by atoms with Crippen LogP contribution < -0.4 is 10.1 Å². The topological polar surface area (TPSA) is 105 Å². The zero-order valence-corrected chi connectivity index (χ0v) is 15.9. The van der Waals surface area contributed by atoms with Gasteiger partial charge in [-0.15, -0.1) is 5.10 Å². The number of pyridine rings is 1. The summed E-state index contributed by atoms with van der Waals surface area (Å²) in [7, 11) is 0. The fourth-order valence-corrected chi connectivity index (χ4v) is 3.80. The molecule has 0 unspecified atom stereocenters. The van der Waals surface area contributed by atoms with Crippen LogP contribution in [0.3, 0.4) is 0 Å². The maximum absolute atomic E-state index is 13.6. The summed E-state index contributed by atoms with van der Waals surface area (Å²) >= 11 is 0. The summed E-state index contributed by atoms with van der Waals surface area (Å²) in [5, 5.41) is 15.6. The molecule has 0 fully saturated rings. The Morgan fingerprint density at radius 3 is 2.83 bits per heavy atom. The summed E-state index contributed by atoms with van der Waals surface area (Å²) in [6.07, 6.45) is 2.89. The highest BCUT2D eigenvalue weighted by atomic mass is 19.3. The molecule has 3 aromatic heterocycles. The minimum Gasteiger partial charge on any atom is -0.432 e. The molecular formula is C19H15F3N6O2. The number of hydrogen-bond donors (Lipinski definition) is 1. The van der Waals surface area contributed by atoms with E-state index < -0.39 is 29.8 Å². The van der Waals surface area contributed by atoms with E-state index in [1.165, 1.54) is 16.8 Å². The van der Waals surface area contributed by atoms with Gasteiger partial charge < -0.3 is 10.1 Å². The number of halogens is 3. The Morgan fingerprint density at radius 1 is 1.37 bits per heavy atom. The van der Waals surface area contributed by atoms with E-state index in [0.29, 0.717) is 23.3 Å². The van der Waals surface area contributed by atoms with Crippen LogP contribution in [0.1, 0.15) is 43.0 Å². The molecule has 8 nitrogen and oxygen atoms in total. The van der Waals surface area contributed by atoms with Crippen LogP contribution in [0.5, 0.6) is 5.75 Å². The van der Waals surface area contributed by atoms with Crippen molar-refractivity contribution in [2.24, 2.45) is 0 Å². The number of anilines is 1. The Morgan fingerprint density at radius 2 is 2.13 bits per heavy atom. The summed E-state index contributed by atoms with van der Waals surface area (Å²) in [5.74, 6) is -2.08. The quantitative estimate of drug-likeness (QED) is 0.701. The van der Waals surface area contributed by atoms with E-state index in [2.05, 4.69) is 25.1 Å². The second kappa shape index (κ2) is 6.98. The number of nitrogens with one attached hydrogen (secondary N) is 1. The predicted octanol–water partition coefficient (Wildman–Crippen LogP) is 3.14. The average Bonchev–Trinajstić information content (AvgIpc) is 3.18. The van der Waals surface area contributed by atoms with Crippen molar-refractivity contribution in [1.82, 2.24) is 19.6 Å². The lowest BCUT2D eigenvalue weighted by atomic mass is 9.88. The lowest BCUT2D eigenvalue weighted by Gasteiger charge is -2.19. The number of alkyl halides is 2. The molecule has 0 bridgehead atoms. The summed E-state index contributed by atoms with van der Waals surface area (Å²) in [6, 6.07) is 4.09. The molecule has 3 heterocycles. The van der Waals surface area contributed by atoms with Gasteiger partial charge in [0, 0.05) is 29.3 Å². The van der Waals surface area contributed by atoms with Crippen molar-refractivity contribution in [3.63, 3.8) is 0 Å². The zero-order chi connectivity index (χ0) is 21.6. The predicted molar refractivity (Wildman–Crippen MR) is 97.5 cm³/mol. The molecule has 0 aromatic carbocycles. The number of carbonyl (C=O) groups excluding carboxylic acids is 1. The highest BCUT2D eigenvalue weighted by molar-refractivity contribution is 5.96. The summed E-state index contributed by atoms with van der Waals surface area (Å²) in [5.41, 5.74) is 0.949. The minimum absolute atomic E-state index is 0.0172. The van der Waals surface area contributed by atoms with Crippen LogP contribution in [-0.2, 0) is 10.2 Å². The molecular weight excluding hydrogens is 401 g/mol. The summed E-state index contributed by atoms with van der Waals surface area (Å²) in [4.78, 5) is 21.0. The third-order valence-corrected chi connectivity index (χ3v) is 4.98. The van der Waals surface area contributed by atoms with E-state index in [9.17, 15) is 18.0 Å². The Hall–Kier alpha value is -3.68. The van der Waals surface area contributed by atoms with Crippen molar-refractivity contribution < 1.29 is 22.7 Å². The average molecular weight is 416 g/mol. The molecule has 154 valence electrons. The Kier molecular flexibility index (Phi) is 4.57. The molecule has 1 aliphatic rings. The van der Waals surface area contributed by atoms with Crippen LogP contribution in [0, 0.1) is 17.3 Å². The zero-order valence-electron chi connectivity index (χ0n) is 15.9. The Balaban J connectivity index is 1.65. The van der Waals surface area contributed by atoms with Gasteiger partial charge in [0.25, 0.3) is 0 Å². The SMILES string of the molecule is CC1(C)C[C@H](C(=O)Nc2cc(C#N)c(OC(F)F)cn2)c2cnc3cc(F)nn3c21. The molecule has 0 aliphatic heterocycles. The van der Waals surface area contributed by atoms with E-state index >= 15 is 0 Å². The molecule has 0 radical (unpaired) electrons. The van der Waals surface area contributed by atoms with Crippen molar-refractivity contribution in [3.05, 3.63) is 47.3 Å². The van der Waals surface area contributed by atoms with Gasteiger partial charge in [-0.25, -0.2) is 14.5 Å². The first kappa shape index (κ1) is 19.6. The van der Waals surface area contributed by atoms with Gasteiger partial charge >= 0.3 is 6.61 Å². The lowest BCUT2D eigenvalue weighted by Crippen LogP contribution is -2.22. The number of ether oxygens (including phenoxy) is 1. The van der Waals surface area contributed by atoms with Gasteiger partial charge in [0.2, 0.25) is 11.9 Å². The highest BCUT2D eigenvalue weighted by Crippen LogP contribution is 2.45. The van der Waals surface area contributed by atoms with Gasteiger partial charge in [-0.2, -0.15) is 18.4 Å². The van der Waals surface area contributed by atoms with Gasteiger partial charge in [0.15, 0.2) is 11.4 Å². The molecule has 1 amide bonds. The van der Waals surface area contributed by atoms with Crippen LogP contribution in [0.2, 0.25) is 0 Å². The monoisotopic (exact) mass is 416 g/mol. The molecule has 4 rings (SSSR count). The van der Waals surface area contributed by atoms with Crippen molar-refractivity contribution in [2.75, 3.05) is 5.32 Å². The number of amides is 1. The number of carbonyl (C=O) groups is 1. The van der Waals surface area contributed by atoms with Crippen molar-refractivity contribution in [3.8, 4) is 11.8 Å². The first-order valence-corrected chi connectivity index (χ1v) is 8.90. The number of nitrogens with zero attached hydrogens (tertiary/aromatic N) is 5. The van der Waals surface area contributed by atoms with Crippen LogP contribution in [0.4, 0.5) is 19.0 Å². The molecule has 0 spiro atoms. The highest BCUT2D eigenvalue weighted by Gasteiger charge is 2.43. The Labute approximate surface area is 168 Å². The fourth-order valence-electron chi connectivity index (χ4n) is 3.80. The largest absolute Gasteiger partial charge is 0.432 e. The lowest BCUT2D eigenvalue weighted by molar-refractivity contribution is -0.117. The molecule has 0 saturated heterocycles. The van der Waals surface area contributed by atoms with Crippen LogP contribution >= 0.6 is 0 Å².